The van der Waals surface area contributed by atoms with Gasteiger partial charge in [0.15, 0.2) is 5.82 Å². The van der Waals surface area contributed by atoms with E-state index in [0.717, 1.165) is 18.1 Å². The third kappa shape index (κ3) is 2.95. The van der Waals surface area contributed by atoms with Crippen LogP contribution in [0.5, 0.6) is 0 Å². The molecule has 2 aromatic rings. The molecule has 0 unspecified atom stereocenters. The number of hydrogen-bond acceptors (Lipinski definition) is 6. The van der Waals surface area contributed by atoms with Gasteiger partial charge in [-0.15, -0.1) is 10.2 Å². The predicted octanol–water partition coefficient (Wildman–Crippen LogP) is 0.146. The summed E-state index contributed by atoms with van der Waals surface area (Å²) < 4.78 is 3.68. The Hall–Kier alpha value is -1.83. The number of hydrogen-bond donors (Lipinski definition) is 1. The van der Waals surface area contributed by atoms with Crippen molar-refractivity contribution in [3.63, 3.8) is 0 Å². The minimum atomic E-state index is 0.437. The van der Waals surface area contributed by atoms with Gasteiger partial charge in [-0.3, -0.25) is 0 Å². The van der Waals surface area contributed by atoms with E-state index in [0.29, 0.717) is 18.6 Å². The van der Waals surface area contributed by atoms with Crippen LogP contribution in [0.15, 0.2) is 6.20 Å². The van der Waals surface area contributed by atoms with E-state index < -0.39 is 0 Å². The summed E-state index contributed by atoms with van der Waals surface area (Å²) in [5.41, 5.74) is 0.930. The standard InChI is InChI=1S/C11H18N8/c1-8(2)12-5-9-6-18(16-13-9)7-11-14-15-17-19(11)10-3-4-10/h6,8,10,12H,3-5,7H2,1-2H3. The summed E-state index contributed by atoms with van der Waals surface area (Å²) in [5, 5.41) is 23.4. The molecule has 2 heterocycles. The summed E-state index contributed by atoms with van der Waals surface area (Å²) in [6.07, 6.45) is 4.26. The molecule has 102 valence electrons. The zero-order chi connectivity index (χ0) is 13.2. The van der Waals surface area contributed by atoms with Gasteiger partial charge in [0, 0.05) is 12.6 Å². The third-order valence-electron chi connectivity index (χ3n) is 3.03. The van der Waals surface area contributed by atoms with Gasteiger partial charge >= 0.3 is 0 Å². The van der Waals surface area contributed by atoms with Crippen molar-refractivity contribution in [1.29, 1.82) is 0 Å². The van der Waals surface area contributed by atoms with Gasteiger partial charge in [0.25, 0.3) is 0 Å². The van der Waals surface area contributed by atoms with Gasteiger partial charge in [-0.25, -0.2) is 9.36 Å². The third-order valence-corrected chi connectivity index (χ3v) is 3.03. The van der Waals surface area contributed by atoms with E-state index in [1.165, 1.54) is 12.8 Å². The minimum Gasteiger partial charge on any atom is -0.309 e. The molecule has 8 nitrogen and oxygen atoms in total. The Labute approximate surface area is 111 Å². The quantitative estimate of drug-likeness (QED) is 0.797. The average Bonchev–Trinajstić information content (AvgIpc) is 2.95. The highest BCUT2D eigenvalue weighted by molar-refractivity contribution is 4.95. The molecular formula is C11H18N8. The molecule has 8 heteroatoms. The van der Waals surface area contributed by atoms with Crippen LogP contribution in [0, 0.1) is 0 Å². The Balaban J connectivity index is 1.64. The Bertz CT molecular complexity index is 538. The van der Waals surface area contributed by atoms with Crippen molar-refractivity contribution in [3.8, 4) is 0 Å². The highest BCUT2D eigenvalue weighted by Crippen LogP contribution is 2.34. The molecule has 1 saturated carbocycles. The lowest BCUT2D eigenvalue weighted by Crippen LogP contribution is -2.21. The van der Waals surface area contributed by atoms with Crippen LogP contribution < -0.4 is 5.32 Å². The van der Waals surface area contributed by atoms with Gasteiger partial charge in [0.05, 0.1) is 17.9 Å². The van der Waals surface area contributed by atoms with Crippen LogP contribution in [0.4, 0.5) is 0 Å². The Morgan fingerprint density at radius 1 is 1.32 bits per heavy atom. The Kier molecular flexibility index (Phi) is 3.24. The topological polar surface area (TPSA) is 86.3 Å². The second-order valence-electron chi connectivity index (χ2n) is 5.21. The van der Waals surface area contributed by atoms with Crippen molar-refractivity contribution in [3.05, 3.63) is 17.7 Å². The van der Waals surface area contributed by atoms with Gasteiger partial charge in [-0.1, -0.05) is 19.1 Å². The maximum atomic E-state index is 4.13. The second-order valence-corrected chi connectivity index (χ2v) is 5.21. The van der Waals surface area contributed by atoms with E-state index in [4.69, 9.17) is 0 Å². The lowest BCUT2D eigenvalue weighted by molar-refractivity contribution is 0.543. The predicted molar refractivity (Wildman–Crippen MR) is 67.2 cm³/mol. The van der Waals surface area contributed by atoms with Crippen molar-refractivity contribution in [2.24, 2.45) is 0 Å². The minimum absolute atomic E-state index is 0.437. The molecule has 0 saturated heterocycles. The number of rotatable bonds is 6. The van der Waals surface area contributed by atoms with Crippen molar-refractivity contribution >= 4 is 0 Å². The maximum absolute atomic E-state index is 4.13. The molecular weight excluding hydrogens is 244 g/mol. The van der Waals surface area contributed by atoms with Crippen molar-refractivity contribution < 1.29 is 0 Å². The molecule has 1 aliphatic rings. The van der Waals surface area contributed by atoms with E-state index in [-0.39, 0.29) is 0 Å². The van der Waals surface area contributed by atoms with Crippen LogP contribution in [-0.4, -0.2) is 41.2 Å². The second kappa shape index (κ2) is 5.04. The molecule has 2 aromatic heterocycles. The zero-order valence-electron chi connectivity index (χ0n) is 11.2. The number of aromatic nitrogens is 7. The van der Waals surface area contributed by atoms with Crippen LogP contribution in [0.1, 0.15) is 44.2 Å². The first-order chi connectivity index (χ1) is 9.22. The molecule has 1 aliphatic carbocycles. The lowest BCUT2D eigenvalue weighted by atomic mass is 10.3. The molecule has 0 atom stereocenters. The summed E-state index contributed by atoms with van der Waals surface area (Å²) in [4.78, 5) is 0. The number of nitrogens with zero attached hydrogens (tertiary/aromatic N) is 7. The lowest BCUT2D eigenvalue weighted by Gasteiger charge is -2.04. The highest BCUT2D eigenvalue weighted by Gasteiger charge is 2.27. The Morgan fingerprint density at radius 3 is 2.89 bits per heavy atom. The molecule has 0 spiro atoms. The van der Waals surface area contributed by atoms with Gasteiger partial charge in [0.2, 0.25) is 0 Å². The Morgan fingerprint density at radius 2 is 2.16 bits per heavy atom. The van der Waals surface area contributed by atoms with Crippen LogP contribution in [0.2, 0.25) is 0 Å². The molecule has 0 aromatic carbocycles. The fourth-order valence-corrected chi connectivity index (χ4v) is 1.87. The first-order valence-electron chi connectivity index (χ1n) is 6.61. The average molecular weight is 262 g/mol. The van der Waals surface area contributed by atoms with Crippen molar-refractivity contribution in [2.75, 3.05) is 0 Å². The van der Waals surface area contributed by atoms with Gasteiger partial charge in [-0.2, -0.15) is 0 Å². The highest BCUT2D eigenvalue weighted by atomic mass is 15.6. The van der Waals surface area contributed by atoms with Crippen molar-refractivity contribution in [1.82, 2.24) is 40.5 Å². The summed E-state index contributed by atoms with van der Waals surface area (Å²) in [7, 11) is 0. The number of nitrogens with one attached hydrogen (secondary N) is 1. The molecule has 0 amide bonds. The molecule has 1 fully saturated rings. The fraction of sp³-hybridized carbons (Fsp3) is 0.727. The van der Waals surface area contributed by atoms with Gasteiger partial charge in [0.1, 0.15) is 6.54 Å². The molecule has 3 rings (SSSR count). The first-order valence-corrected chi connectivity index (χ1v) is 6.61. The molecule has 0 bridgehead atoms. The maximum Gasteiger partial charge on any atom is 0.173 e. The first kappa shape index (κ1) is 12.2. The van der Waals surface area contributed by atoms with Crippen LogP contribution in [0.25, 0.3) is 0 Å². The molecule has 0 radical (unpaired) electrons. The summed E-state index contributed by atoms with van der Waals surface area (Å²) in [5.74, 6) is 0.843. The smallest absolute Gasteiger partial charge is 0.173 e. The monoisotopic (exact) mass is 262 g/mol. The van der Waals surface area contributed by atoms with Crippen LogP contribution in [0.3, 0.4) is 0 Å². The van der Waals surface area contributed by atoms with E-state index in [1.807, 2.05) is 10.9 Å². The van der Waals surface area contributed by atoms with E-state index in [1.54, 1.807) is 4.68 Å². The van der Waals surface area contributed by atoms with Crippen LogP contribution >= 0.6 is 0 Å². The summed E-state index contributed by atoms with van der Waals surface area (Å²) >= 11 is 0. The molecule has 0 aliphatic heterocycles. The van der Waals surface area contributed by atoms with E-state index in [9.17, 15) is 0 Å². The zero-order valence-corrected chi connectivity index (χ0v) is 11.2. The van der Waals surface area contributed by atoms with Gasteiger partial charge in [-0.05, 0) is 23.3 Å². The van der Waals surface area contributed by atoms with Crippen molar-refractivity contribution in [2.45, 2.75) is 51.9 Å². The fourth-order valence-electron chi connectivity index (χ4n) is 1.87. The summed E-state index contributed by atoms with van der Waals surface area (Å²) in [6.45, 7) is 5.51. The van der Waals surface area contributed by atoms with E-state index in [2.05, 4.69) is 45.0 Å². The normalized spacial score (nSPS) is 15.3. The number of tetrazole rings is 1. The summed E-state index contributed by atoms with van der Waals surface area (Å²) in [6, 6.07) is 0.919. The SMILES string of the molecule is CC(C)NCc1cn(Cc2nnnn2C2CC2)nn1. The largest absolute Gasteiger partial charge is 0.309 e. The van der Waals surface area contributed by atoms with Gasteiger partial charge < -0.3 is 5.32 Å². The van der Waals surface area contributed by atoms with Crippen LogP contribution in [-0.2, 0) is 13.1 Å². The van der Waals surface area contributed by atoms with E-state index >= 15 is 0 Å². The molecule has 1 N–H and O–H groups in total. The molecule has 19 heavy (non-hydrogen) atoms.